The third kappa shape index (κ3) is 6.23. The zero-order chi connectivity index (χ0) is 24.7. The molecular formula is C27H28N2O5S. The van der Waals surface area contributed by atoms with Gasteiger partial charge in [-0.05, 0) is 48.4 Å². The number of benzene rings is 3. The second-order valence-electron chi connectivity index (χ2n) is 8.24. The molecule has 0 spiro atoms. The van der Waals surface area contributed by atoms with Gasteiger partial charge in [0.2, 0.25) is 9.84 Å². The molecule has 8 heteroatoms. The summed E-state index contributed by atoms with van der Waals surface area (Å²) in [6, 6.07) is 24.3. The van der Waals surface area contributed by atoms with Crippen LogP contribution in [0.4, 0.5) is 0 Å². The van der Waals surface area contributed by atoms with E-state index in [2.05, 4.69) is 10.3 Å². The van der Waals surface area contributed by atoms with Crippen molar-refractivity contribution in [3.8, 4) is 5.75 Å². The van der Waals surface area contributed by atoms with E-state index in [1.54, 1.807) is 42.5 Å². The molecule has 35 heavy (non-hydrogen) atoms. The average molecular weight is 493 g/mol. The van der Waals surface area contributed by atoms with Gasteiger partial charge in [0.25, 0.3) is 0 Å². The van der Waals surface area contributed by atoms with Crippen LogP contribution in [-0.4, -0.2) is 55.5 Å². The maximum absolute atomic E-state index is 13.3. The second-order valence-corrected chi connectivity index (χ2v) is 10.2. The normalized spacial score (nSPS) is 13.4. The lowest BCUT2D eigenvalue weighted by Gasteiger charge is -2.19. The van der Waals surface area contributed by atoms with Gasteiger partial charge in [0.15, 0.2) is 0 Å². The maximum atomic E-state index is 13.3. The van der Waals surface area contributed by atoms with Crippen molar-refractivity contribution in [3.05, 3.63) is 96.7 Å². The van der Waals surface area contributed by atoms with Crippen molar-refractivity contribution in [1.29, 1.82) is 0 Å². The summed E-state index contributed by atoms with van der Waals surface area (Å²) in [5.41, 5.74) is 1.49. The topological polar surface area (TPSA) is 109 Å². The molecule has 0 aliphatic rings. The first kappa shape index (κ1) is 24.8. The fourth-order valence-electron chi connectivity index (χ4n) is 3.79. The summed E-state index contributed by atoms with van der Waals surface area (Å²) in [6.45, 7) is 0.250. The Kier molecular flexibility index (Phi) is 8.09. The van der Waals surface area contributed by atoms with Gasteiger partial charge in [0.05, 0.1) is 21.9 Å². The SMILES string of the molecule is O=S(=O)(c1ccc(C[C@@H](CO)NC[C@H](O)COc2ccccc2)cc1)c1ccnc2ccccc12. The number of hydrogen-bond donors (Lipinski definition) is 3. The number of nitrogens with zero attached hydrogens (tertiary/aromatic N) is 1. The standard InChI is InChI=1S/C27H28N2O5S/c30-18-21(29-17-22(31)19-34-23-6-2-1-3-7-23)16-20-10-12-24(13-11-20)35(32,33)27-14-15-28-26-9-5-4-8-25(26)27/h1-15,21-22,29-31H,16-19H2/t21-,22-/m0/s1. The number of pyridine rings is 1. The summed E-state index contributed by atoms with van der Waals surface area (Å²) in [6.07, 6.45) is 1.23. The van der Waals surface area contributed by atoms with Gasteiger partial charge < -0.3 is 20.3 Å². The molecule has 1 heterocycles. The Balaban J connectivity index is 1.37. The highest BCUT2D eigenvalue weighted by molar-refractivity contribution is 7.91. The third-order valence-corrected chi connectivity index (χ3v) is 7.49. The molecule has 0 unspecified atom stereocenters. The molecule has 0 bridgehead atoms. The zero-order valence-corrected chi connectivity index (χ0v) is 19.9. The number of fused-ring (bicyclic) bond motifs is 1. The van der Waals surface area contributed by atoms with E-state index in [-0.39, 0.29) is 35.6 Å². The van der Waals surface area contributed by atoms with Crippen LogP contribution in [0.2, 0.25) is 0 Å². The third-order valence-electron chi connectivity index (χ3n) is 5.66. The van der Waals surface area contributed by atoms with Crippen LogP contribution in [0.3, 0.4) is 0 Å². The van der Waals surface area contributed by atoms with Crippen molar-refractivity contribution in [2.75, 3.05) is 19.8 Å². The number of sulfone groups is 1. The molecule has 0 amide bonds. The summed E-state index contributed by atoms with van der Waals surface area (Å²) < 4.78 is 32.1. The van der Waals surface area contributed by atoms with E-state index in [9.17, 15) is 18.6 Å². The minimum Gasteiger partial charge on any atom is -0.491 e. The summed E-state index contributed by atoms with van der Waals surface area (Å²) in [7, 11) is -3.72. The Labute approximate surface area is 205 Å². The Hall–Kier alpha value is -3.30. The van der Waals surface area contributed by atoms with Gasteiger partial charge in [-0.25, -0.2) is 8.42 Å². The molecule has 3 N–H and O–H groups in total. The molecular weight excluding hydrogens is 464 g/mol. The maximum Gasteiger partial charge on any atom is 0.207 e. The number of nitrogens with one attached hydrogen (secondary N) is 1. The largest absolute Gasteiger partial charge is 0.491 e. The van der Waals surface area contributed by atoms with Crippen LogP contribution in [0.15, 0.2) is 101 Å². The van der Waals surface area contributed by atoms with Gasteiger partial charge in [-0.2, -0.15) is 0 Å². The van der Waals surface area contributed by atoms with Gasteiger partial charge in [-0.1, -0.05) is 48.5 Å². The molecule has 4 aromatic rings. The van der Waals surface area contributed by atoms with Crippen LogP contribution in [0.5, 0.6) is 5.75 Å². The van der Waals surface area contributed by atoms with Crippen LogP contribution < -0.4 is 10.1 Å². The summed E-state index contributed by atoms with van der Waals surface area (Å²) in [5.74, 6) is 0.681. The fraction of sp³-hybridized carbons (Fsp3) is 0.222. The lowest BCUT2D eigenvalue weighted by molar-refractivity contribution is 0.0997. The molecule has 182 valence electrons. The van der Waals surface area contributed by atoms with Crippen molar-refractivity contribution in [3.63, 3.8) is 0 Å². The van der Waals surface area contributed by atoms with Crippen molar-refractivity contribution in [1.82, 2.24) is 10.3 Å². The van der Waals surface area contributed by atoms with Crippen LogP contribution in [-0.2, 0) is 16.3 Å². The van der Waals surface area contributed by atoms with Gasteiger partial charge in [-0.15, -0.1) is 0 Å². The minimum atomic E-state index is -3.72. The van der Waals surface area contributed by atoms with E-state index in [0.717, 1.165) is 5.56 Å². The van der Waals surface area contributed by atoms with Crippen LogP contribution in [0.25, 0.3) is 10.9 Å². The number of rotatable bonds is 11. The molecule has 0 aliphatic heterocycles. The minimum absolute atomic E-state index is 0.130. The molecule has 7 nitrogen and oxygen atoms in total. The van der Waals surface area contributed by atoms with E-state index in [1.165, 1.54) is 12.3 Å². The number of para-hydroxylation sites is 2. The van der Waals surface area contributed by atoms with E-state index >= 15 is 0 Å². The van der Waals surface area contributed by atoms with E-state index in [0.29, 0.717) is 23.1 Å². The predicted molar refractivity (Wildman–Crippen MR) is 134 cm³/mol. The first-order chi connectivity index (χ1) is 17.0. The lowest BCUT2D eigenvalue weighted by atomic mass is 10.1. The number of hydrogen-bond acceptors (Lipinski definition) is 7. The molecule has 0 radical (unpaired) electrons. The Morgan fingerprint density at radius 2 is 1.63 bits per heavy atom. The first-order valence-electron chi connectivity index (χ1n) is 11.4. The Morgan fingerprint density at radius 1 is 0.914 bits per heavy atom. The molecule has 3 aromatic carbocycles. The van der Waals surface area contributed by atoms with Crippen LogP contribution in [0.1, 0.15) is 5.56 Å². The van der Waals surface area contributed by atoms with Crippen molar-refractivity contribution in [2.45, 2.75) is 28.4 Å². The average Bonchev–Trinajstić information content (AvgIpc) is 2.90. The molecule has 0 saturated carbocycles. The lowest BCUT2D eigenvalue weighted by Crippen LogP contribution is -2.41. The molecule has 0 saturated heterocycles. The van der Waals surface area contributed by atoms with Gasteiger partial charge in [0.1, 0.15) is 18.5 Å². The van der Waals surface area contributed by atoms with Gasteiger partial charge in [-0.3, -0.25) is 4.98 Å². The van der Waals surface area contributed by atoms with Crippen molar-refractivity contribution >= 4 is 20.7 Å². The van der Waals surface area contributed by atoms with Gasteiger partial charge >= 0.3 is 0 Å². The molecule has 0 aliphatic carbocycles. The highest BCUT2D eigenvalue weighted by Gasteiger charge is 2.21. The van der Waals surface area contributed by atoms with Crippen LogP contribution >= 0.6 is 0 Å². The molecule has 4 rings (SSSR count). The summed E-state index contributed by atoms with van der Waals surface area (Å²) >= 11 is 0. The van der Waals surface area contributed by atoms with E-state index in [4.69, 9.17) is 4.74 Å². The fourth-order valence-corrected chi connectivity index (χ4v) is 5.24. The smallest absolute Gasteiger partial charge is 0.207 e. The first-order valence-corrected chi connectivity index (χ1v) is 12.8. The van der Waals surface area contributed by atoms with Gasteiger partial charge in [0, 0.05) is 24.2 Å². The van der Waals surface area contributed by atoms with E-state index < -0.39 is 15.9 Å². The van der Waals surface area contributed by atoms with Crippen LogP contribution in [0, 0.1) is 0 Å². The summed E-state index contributed by atoms with van der Waals surface area (Å²) in [5, 5.41) is 23.7. The number of aliphatic hydroxyl groups is 2. The highest BCUT2D eigenvalue weighted by Crippen LogP contribution is 2.27. The predicted octanol–water partition coefficient (Wildman–Crippen LogP) is 3.00. The quantitative estimate of drug-likeness (QED) is 0.295. The molecule has 1 aromatic heterocycles. The number of aromatic nitrogens is 1. The number of aliphatic hydroxyl groups excluding tert-OH is 2. The molecule has 2 atom stereocenters. The highest BCUT2D eigenvalue weighted by atomic mass is 32.2. The second kappa shape index (κ2) is 11.4. The Bertz CT molecular complexity index is 1340. The molecule has 0 fully saturated rings. The Morgan fingerprint density at radius 3 is 2.37 bits per heavy atom. The zero-order valence-electron chi connectivity index (χ0n) is 19.1. The number of ether oxygens (including phenoxy) is 1. The van der Waals surface area contributed by atoms with Crippen molar-refractivity contribution < 1.29 is 23.4 Å². The summed E-state index contributed by atoms with van der Waals surface area (Å²) in [4.78, 5) is 4.66. The van der Waals surface area contributed by atoms with Crippen molar-refractivity contribution in [2.24, 2.45) is 0 Å². The monoisotopic (exact) mass is 492 g/mol. The van der Waals surface area contributed by atoms with E-state index in [1.807, 2.05) is 36.4 Å².